The summed E-state index contributed by atoms with van der Waals surface area (Å²) in [5.74, 6) is -2.18. The summed E-state index contributed by atoms with van der Waals surface area (Å²) in [6, 6.07) is 15.2. The van der Waals surface area contributed by atoms with Crippen molar-refractivity contribution < 1.29 is 18.4 Å². The zero-order chi connectivity index (χ0) is 22.7. The average molecular weight is 455 g/mol. The van der Waals surface area contributed by atoms with E-state index in [1.165, 1.54) is 0 Å². The number of amides is 2. The van der Waals surface area contributed by atoms with E-state index in [2.05, 4.69) is 20.6 Å². The Morgan fingerprint density at radius 1 is 1.03 bits per heavy atom. The number of hydrogen-bond donors (Lipinski definition) is 3. The van der Waals surface area contributed by atoms with Gasteiger partial charge in [0.15, 0.2) is 0 Å². The first-order chi connectivity index (χ1) is 15.4. The lowest BCUT2D eigenvalue weighted by molar-refractivity contribution is -0.116. The van der Waals surface area contributed by atoms with Crippen LogP contribution in [0.5, 0.6) is 0 Å². The Hall–Kier alpha value is -3.78. The van der Waals surface area contributed by atoms with Crippen LogP contribution in [0, 0.1) is 11.6 Å². The molecule has 0 unspecified atom stereocenters. The lowest BCUT2D eigenvalue weighted by Gasteiger charge is -2.07. The van der Waals surface area contributed by atoms with Gasteiger partial charge in [-0.15, -0.1) is 0 Å². The number of aromatic nitrogens is 2. The number of nitrogens with one attached hydrogen (secondary N) is 3. The van der Waals surface area contributed by atoms with Crippen LogP contribution in [0.2, 0.25) is 5.02 Å². The summed E-state index contributed by atoms with van der Waals surface area (Å²) in [6.07, 6.45) is -0.0273. The minimum Gasteiger partial charge on any atom is -0.351 e. The molecular weight excluding hydrogens is 438 g/mol. The molecule has 3 N–H and O–H groups in total. The maximum Gasteiger partial charge on any atom is 0.254 e. The van der Waals surface area contributed by atoms with Crippen LogP contribution >= 0.6 is 11.6 Å². The number of rotatable bonds is 6. The third-order valence-electron chi connectivity index (χ3n) is 4.71. The average Bonchev–Trinajstić information content (AvgIpc) is 3.17. The normalized spacial score (nSPS) is 10.8. The molecule has 2 amide bonds. The number of halogens is 3. The first-order valence-electron chi connectivity index (χ1n) is 9.68. The molecule has 1 heterocycles. The third kappa shape index (κ3) is 4.76. The number of anilines is 1. The zero-order valence-corrected chi connectivity index (χ0v) is 17.3. The molecular formula is C23H17ClF2N4O2. The van der Waals surface area contributed by atoms with Crippen molar-refractivity contribution in [3.05, 3.63) is 82.9 Å². The molecule has 4 aromatic rings. The van der Waals surface area contributed by atoms with Crippen LogP contribution in [0.15, 0.2) is 60.7 Å². The number of carbonyl (C=O) groups excluding carboxylic acids is 2. The number of aromatic amines is 1. The summed E-state index contributed by atoms with van der Waals surface area (Å²) in [6.45, 7) is -0.00948. The van der Waals surface area contributed by atoms with Crippen LogP contribution in [-0.4, -0.2) is 28.3 Å². The van der Waals surface area contributed by atoms with Gasteiger partial charge < -0.3 is 15.6 Å². The highest BCUT2D eigenvalue weighted by atomic mass is 35.5. The summed E-state index contributed by atoms with van der Waals surface area (Å²) in [7, 11) is 0. The predicted octanol–water partition coefficient (Wildman–Crippen LogP) is 4.92. The highest BCUT2D eigenvalue weighted by Gasteiger charge is 2.13. The van der Waals surface area contributed by atoms with E-state index in [4.69, 9.17) is 11.6 Å². The second-order valence-electron chi connectivity index (χ2n) is 6.98. The van der Waals surface area contributed by atoms with Gasteiger partial charge in [-0.2, -0.15) is 0 Å². The molecule has 0 radical (unpaired) electrons. The quantitative estimate of drug-likeness (QED) is 0.386. The fraction of sp³-hybridized carbons (Fsp3) is 0.0870. The van der Waals surface area contributed by atoms with E-state index in [1.54, 1.807) is 24.3 Å². The lowest BCUT2D eigenvalue weighted by Crippen LogP contribution is -2.28. The van der Waals surface area contributed by atoms with Crippen LogP contribution in [0.1, 0.15) is 16.8 Å². The van der Waals surface area contributed by atoms with Gasteiger partial charge in [0, 0.05) is 30.3 Å². The molecule has 0 saturated heterocycles. The minimum absolute atomic E-state index is 0.00948. The van der Waals surface area contributed by atoms with Crippen molar-refractivity contribution in [2.24, 2.45) is 0 Å². The lowest BCUT2D eigenvalue weighted by atomic mass is 10.2. The van der Waals surface area contributed by atoms with Gasteiger partial charge in [-0.1, -0.05) is 23.7 Å². The maximum absolute atomic E-state index is 13.6. The number of nitrogens with zero attached hydrogens (tertiary/aromatic N) is 1. The van der Waals surface area contributed by atoms with Crippen LogP contribution < -0.4 is 10.6 Å². The molecule has 9 heteroatoms. The van der Waals surface area contributed by atoms with Gasteiger partial charge >= 0.3 is 0 Å². The van der Waals surface area contributed by atoms with Gasteiger partial charge in [0.25, 0.3) is 5.91 Å². The molecule has 0 fully saturated rings. The number of hydrogen-bond acceptors (Lipinski definition) is 3. The topological polar surface area (TPSA) is 86.9 Å². The van der Waals surface area contributed by atoms with Crippen LogP contribution in [0.4, 0.5) is 14.5 Å². The molecule has 1 aromatic heterocycles. The molecule has 4 rings (SSSR count). The summed E-state index contributed by atoms with van der Waals surface area (Å²) < 4.78 is 26.6. The summed E-state index contributed by atoms with van der Waals surface area (Å²) in [4.78, 5) is 31.9. The van der Waals surface area contributed by atoms with E-state index in [0.29, 0.717) is 28.1 Å². The van der Waals surface area contributed by atoms with Gasteiger partial charge in [-0.05, 0) is 42.5 Å². The summed E-state index contributed by atoms with van der Waals surface area (Å²) >= 11 is 6.23. The Morgan fingerprint density at radius 2 is 1.84 bits per heavy atom. The van der Waals surface area contributed by atoms with E-state index in [9.17, 15) is 18.4 Å². The minimum atomic E-state index is -0.962. The number of carbonyl (C=O) groups is 2. The molecule has 0 aliphatic rings. The van der Waals surface area contributed by atoms with Gasteiger partial charge in [0.05, 0.1) is 21.6 Å². The fourth-order valence-corrected chi connectivity index (χ4v) is 3.38. The molecule has 162 valence electrons. The number of benzene rings is 3. The maximum atomic E-state index is 13.6. The molecule has 0 aliphatic heterocycles. The fourth-order valence-electron chi connectivity index (χ4n) is 3.15. The number of H-pyrrole nitrogens is 1. The second kappa shape index (κ2) is 9.15. The standard InChI is InChI=1S/C23H17ClF2N4O2/c24-17-4-2-1-3-15(17)22-29-19-8-6-14(12-20(19)30-22)28-21(31)9-10-27-23(32)16-7-5-13(25)11-18(16)26/h1-8,11-12H,9-10H2,(H,27,32)(H,28,31)(H,29,30). The van der Waals surface area contributed by atoms with E-state index < -0.39 is 17.5 Å². The first-order valence-corrected chi connectivity index (χ1v) is 10.1. The van der Waals surface area contributed by atoms with Crippen LogP contribution in [0.3, 0.4) is 0 Å². The Bertz CT molecular complexity index is 1320. The summed E-state index contributed by atoms with van der Waals surface area (Å²) in [5.41, 5.74) is 2.46. The van der Waals surface area contributed by atoms with E-state index in [0.717, 1.165) is 23.2 Å². The van der Waals surface area contributed by atoms with Crippen LogP contribution in [0.25, 0.3) is 22.4 Å². The van der Waals surface area contributed by atoms with Crippen molar-refractivity contribution in [1.82, 2.24) is 15.3 Å². The molecule has 6 nitrogen and oxygen atoms in total. The molecule has 3 aromatic carbocycles. The number of imidazole rings is 1. The Labute approximate surface area is 186 Å². The van der Waals surface area contributed by atoms with Crippen molar-refractivity contribution in [3.63, 3.8) is 0 Å². The van der Waals surface area contributed by atoms with Crippen molar-refractivity contribution in [3.8, 4) is 11.4 Å². The Balaban J connectivity index is 1.36. The molecule has 0 atom stereocenters. The monoisotopic (exact) mass is 454 g/mol. The Morgan fingerprint density at radius 3 is 2.62 bits per heavy atom. The zero-order valence-electron chi connectivity index (χ0n) is 16.6. The van der Waals surface area contributed by atoms with E-state index in [-0.39, 0.29) is 24.4 Å². The van der Waals surface area contributed by atoms with Crippen molar-refractivity contribution in [1.29, 1.82) is 0 Å². The largest absolute Gasteiger partial charge is 0.351 e. The molecule has 0 saturated carbocycles. The van der Waals surface area contributed by atoms with Gasteiger partial charge in [-0.3, -0.25) is 9.59 Å². The highest BCUT2D eigenvalue weighted by Crippen LogP contribution is 2.28. The van der Waals surface area contributed by atoms with Crippen molar-refractivity contribution >= 4 is 40.1 Å². The molecule has 0 aliphatic carbocycles. The van der Waals surface area contributed by atoms with Crippen LogP contribution in [-0.2, 0) is 4.79 Å². The Kier molecular flexibility index (Phi) is 6.13. The van der Waals surface area contributed by atoms with E-state index >= 15 is 0 Å². The molecule has 0 spiro atoms. The van der Waals surface area contributed by atoms with Gasteiger partial charge in [-0.25, -0.2) is 13.8 Å². The SMILES string of the molecule is O=C(CCNC(=O)c1ccc(F)cc1F)Nc1ccc2nc(-c3ccccc3Cl)[nH]c2c1. The predicted molar refractivity (Wildman–Crippen MR) is 118 cm³/mol. The third-order valence-corrected chi connectivity index (χ3v) is 5.04. The van der Waals surface area contributed by atoms with Gasteiger partial charge in [0.2, 0.25) is 5.91 Å². The van der Waals surface area contributed by atoms with E-state index in [1.807, 2.05) is 18.2 Å². The smallest absolute Gasteiger partial charge is 0.254 e. The second-order valence-corrected chi connectivity index (χ2v) is 7.38. The van der Waals surface area contributed by atoms with Crippen molar-refractivity contribution in [2.45, 2.75) is 6.42 Å². The first kappa shape index (κ1) is 21.5. The molecule has 32 heavy (non-hydrogen) atoms. The number of fused-ring (bicyclic) bond motifs is 1. The van der Waals surface area contributed by atoms with Crippen molar-refractivity contribution in [2.75, 3.05) is 11.9 Å². The van der Waals surface area contributed by atoms with Gasteiger partial charge in [0.1, 0.15) is 17.5 Å². The highest BCUT2D eigenvalue weighted by molar-refractivity contribution is 6.33. The molecule has 0 bridgehead atoms. The summed E-state index contributed by atoms with van der Waals surface area (Å²) in [5, 5.41) is 5.75.